The number of alkyl halides is 4. The Morgan fingerprint density at radius 1 is 1.37 bits per heavy atom. The first-order chi connectivity index (χ1) is 8.75. The molecule has 0 radical (unpaired) electrons. The topological polar surface area (TPSA) is 17.1 Å². The Bertz CT molecular complexity index is 456. The van der Waals surface area contributed by atoms with Crippen LogP contribution in [0.3, 0.4) is 0 Å². The largest absolute Gasteiger partial charge is 0.419 e. The molecule has 6 heteroatoms. The molecule has 0 aromatic heterocycles. The van der Waals surface area contributed by atoms with Gasteiger partial charge in [-0.05, 0) is 30.5 Å². The fourth-order valence-electron chi connectivity index (χ4n) is 1.64. The van der Waals surface area contributed by atoms with E-state index in [0.29, 0.717) is 12.8 Å². The Hall–Kier alpha value is -0.910. The lowest BCUT2D eigenvalue weighted by molar-refractivity contribution is -0.140. The maximum atomic E-state index is 13.1. The highest BCUT2D eigenvalue weighted by molar-refractivity contribution is 9.10. The molecule has 1 aromatic rings. The molecular formula is C13H13BrF4O. The van der Waals surface area contributed by atoms with E-state index in [1.54, 1.807) is 0 Å². The number of ketones is 1. The maximum absolute atomic E-state index is 13.1. The highest BCUT2D eigenvalue weighted by Crippen LogP contribution is 2.32. The Labute approximate surface area is 117 Å². The van der Waals surface area contributed by atoms with Crippen molar-refractivity contribution in [2.45, 2.75) is 37.2 Å². The van der Waals surface area contributed by atoms with Crippen molar-refractivity contribution in [3.05, 3.63) is 35.1 Å². The molecule has 0 spiro atoms. The van der Waals surface area contributed by atoms with Crippen molar-refractivity contribution in [1.29, 1.82) is 0 Å². The van der Waals surface area contributed by atoms with Crippen molar-refractivity contribution in [2.75, 3.05) is 0 Å². The van der Waals surface area contributed by atoms with E-state index in [0.717, 1.165) is 12.1 Å². The summed E-state index contributed by atoms with van der Waals surface area (Å²) < 4.78 is 50.7. The van der Waals surface area contributed by atoms with Crippen LogP contribution in [0.4, 0.5) is 17.6 Å². The van der Waals surface area contributed by atoms with Gasteiger partial charge in [0, 0.05) is 6.42 Å². The van der Waals surface area contributed by atoms with E-state index in [-0.39, 0.29) is 17.8 Å². The standard InChI is InChI=1S/C13H13BrF4O/c1-2-3-12(19)10(14)7-8-4-5-11(15)9(6-8)13(16,17)18/h4-6,10H,2-3,7H2,1H3. The summed E-state index contributed by atoms with van der Waals surface area (Å²) in [6.45, 7) is 1.84. The minimum absolute atomic E-state index is 0.0691. The summed E-state index contributed by atoms with van der Waals surface area (Å²) in [6.07, 6.45) is -3.57. The maximum Gasteiger partial charge on any atom is 0.419 e. The number of hydrogen-bond acceptors (Lipinski definition) is 1. The van der Waals surface area contributed by atoms with E-state index in [2.05, 4.69) is 15.9 Å². The smallest absolute Gasteiger partial charge is 0.298 e. The molecule has 1 atom stereocenters. The predicted molar refractivity (Wildman–Crippen MR) is 67.7 cm³/mol. The van der Waals surface area contributed by atoms with E-state index in [1.165, 1.54) is 6.07 Å². The summed E-state index contributed by atoms with van der Waals surface area (Å²) >= 11 is 3.15. The van der Waals surface area contributed by atoms with Crippen LogP contribution in [0.1, 0.15) is 30.9 Å². The molecule has 0 amide bonds. The Morgan fingerprint density at radius 3 is 2.53 bits per heavy atom. The van der Waals surface area contributed by atoms with E-state index in [9.17, 15) is 22.4 Å². The SMILES string of the molecule is CCCC(=O)C(Br)Cc1ccc(F)c(C(F)(F)F)c1. The fraction of sp³-hybridized carbons (Fsp3) is 0.462. The second-order valence-corrected chi connectivity index (χ2v) is 5.31. The molecule has 106 valence electrons. The lowest BCUT2D eigenvalue weighted by Crippen LogP contribution is -2.17. The number of Topliss-reactive ketones (excluding diaryl/α,β-unsaturated/α-hetero) is 1. The van der Waals surface area contributed by atoms with Gasteiger partial charge in [0.05, 0.1) is 10.4 Å². The van der Waals surface area contributed by atoms with Gasteiger partial charge in [-0.25, -0.2) is 4.39 Å². The van der Waals surface area contributed by atoms with Gasteiger partial charge in [0.15, 0.2) is 0 Å². The van der Waals surface area contributed by atoms with Crippen molar-refractivity contribution in [1.82, 2.24) is 0 Å². The van der Waals surface area contributed by atoms with Crippen LogP contribution in [-0.2, 0) is 17.4 Å². The number of rotatable bonds is 5. The summed E-state index contributed by atoms with van der Waals surface area (Å²) in [5, 5.41) is 0. The zero-order valence-corrected chi connectivity index (χ0v) is 11.8. The van der Waals surface area contributed by atoms with Crippen LogP contribution >= 0.6 is 15.9 Å². The van der Waals surface area contributed by atoms with Crippen LogP contribution in [0.2, 0.25) is 0 Å². The zero-order chi connectivity index (χ0) is 14.6. The first kappa shape index (κ1) is 16.1. The minimum Gasteiger partial charge on any atom is -0.298 e. The molecule has 19 heavy (non-hydrogen) atoms. The van der Waals surface area contributed by atoms with Crippen LogP contribution in [0.25, 0.3) is 0 Å². The van der Waals surface area contributed by atoms with Crippen LogP contribution in [0, 0.1) is 5.82 Å². The summed E-state index contributed by atoms with van der Waals surface area (Å²) in [5.74, 6) is -1.37. The molecule has 0 saturated carbocycles. The van der Waals surface area contributed by atoms with Gasteiger partial charge in [-0.3, -0.25) is 4.79 Å². The van der Waals surface area contributed by atoms with E-state index in [1.807, 2.05) is 6.92 Å². The highest BCUT2D eigenvalue weighted by Gasteiger charge is 2.34. The average molecular weight is 341 g/mol. The third kappa shape index (κ3) is 4.60. The number of carbonyl (C=O) groups excluding carboxylic acids is 1. The predicted octanol–water partition coefficient (Wildman–Crippen LogP) is 4.52. The average Bonchev–Trinajstić information content (AvgIpc) is 2.30. The lowest BCUT2D eigenvalue weighted by Gasteiger charge is -2.12. The van der Waals surface area contributed by atoms with Gasteiger partial charge in [-0.2, -0.15) is 13.2 Å². The molecular weight excluding hydrogens is 328 g/mol. The molecule has 0 aliphatic heterocycles. The van der Waals surface area contributed by atoms with Crippen molar-refractivity contribution in [2.24, 2.45) is 0 Å². The quantitative estimate of drug-likeness (QED) is 0.569. The molecule has 0 heterocycles. The molecule has 1 unspecified atom stereocenters. The van der Waals surface area contributed by atoms with Gasteiger partial charge in [0.2, 0.25) is 0 Å². The van der Waals surface area contributed by atoms with Gasteiger partial charge in [0.25, 0.3) is 0 Å². The zero-order valence-electron chi connectivity index (χ0n) is 10.2. The van der Waals surface area contributed by atoms with Gasteiger partial charge >= 0.3 is 6.18 Å². The Morgan fingerprint density at radius 2 is 2.00 bits per heavy atom. The first-order valence-corrected chi connectivity index (χ1v) is 6.69. The summed E-state index contributed by atoms with van der Waals surface area (Å²) in [6, 6.07) is 2.79. The van der Waals surface area contributed by atoms with Gasteiger partial charge in [-0.15, -0.1) is 0 Å². The monoisotopic (exact) mass is 340 g/mol. The molecule has 0 N–H and O–H groups in total. The molecule has 0 saturated heterocycles. The second kappa shape index (κ2) is 6.50. The van der Waals surface area contributed by atoms with Crippen molar-refractivity contribution >= 4 is 21.7 Å². The Kier molecular flexibility index (Phi) is 5.52. The van der Waals surface area contributed by atoms with Gasteiger partial charge in [0.1, 0.15) is 11.6 Å². The molecule has 1 nitrogen and oxygen atoms in total. The summed E-state index contributed by atoms with van der Waals surface area (Å²) in [4.78, 5) is 11.0. The number of hydrogen-bond donors (Lipinski definition) is 0. The molecule has 0 aliphatic rings. The number of carbonyl (C=O) groups is 1. The number of halogens is 5. The van der Waals surface area contributed by atoms with Crippen molar-refractivity contribution < 1.29 is 22.4 Å². The molecule has 0 aliphatic carbocycles. The summed E-state index contributed by atoms with van der Waals surface area (Å²) in [7, 11) is 0. The van der Waals surface area contributed by atoms with Gasteiger partial charge < -0.3 is 0 Å². The van der Waals surface area contributed by atoms with Crippen molar-refractivity contribution in [3.63, 3.8) is 0 Å². The third-order valence-electron chi connectivity index (χ3n) is 2.60. The van der Waals surface area contributed by atoms with Crippen LogP contribution in [-0.4, -0.2) is 10.6 Å². The normalized spacial score (nSPS) is 13.4. The molecule has 0 fully saturated rings. The van der Waals surface area contributed by atoms with Crippen LogP contribution in [0.15, 0.2) is 18.2 Å². The Balaban J connectivity index is 2.89. The minimum atomic E-state index is -4.73. The highest BCUT2D eigenvalue weighted by atomic mass is 79.9. The molecule has 0 bridgehead atoms. The van der Waals surface area contributed by atoms with Gasteiger partial charge in [-0.1, -0.05) is 28.9 Å². The second-order valence-electron chi connectivity index (χ2n) is 4.20. The van der Waals surface area contributed by atoms with Crippen LogP contribution in [0.5, 0.6) is 0 Å². The summed E-state index contributed by atoms with van der Waals surface area (Å²) in [5.41, 5.74) is -1.02. The third-order valence-corrected chi connectivity index (χ3v) is 3.43. The number of benzene rings is 1. The lowest BCUT2D eigenvalue weighted by atomic mass is 10.0. The molecule has 1 aromatic carbocycles. The van der Waals surface area contributed by atoms with E-state index < -0.39 is 22.4 Å². The molecule has 1 rings (SSSR count). The van der Waals surface area contributed by atoms with E-state index >= 15 is 0 Å². The van der Waals surface area contributed by atoms with Crippen LogP contribution < -0.4 is 0 Å². The fourth-order valence-corrected chi connectivity index (χ4v) is 2.24. The first-order valence-electron chi connectivity index (χ1n) is 5.78. The van der Waals surface area contributed by atoms with E-state index in [4.69, 9.17) is 0 Å². The van der Waals surface area contributed by atoms with Crippen molar-refractivity contribution in [3.8, 4) is 0 Å².